The van der Waals surface area contributed by atoms with E-state index in [1.807, 2.05) is 30.3 Å². The number of benzene rings is 1. The second-order valence-electron chi connectivity index (χ2n) is 2.45. The van der Waals surface area contributed by atoms with Crippen molar-refractivity contribution in [3.05, 3.63) is 35.9 Å². The van der Waals surface area contributed by atoms with Crippen molar-refractivity contribution in [2.75, 3.05) is 6.61 Å². The van der Waals surface area contributed by atoms with Gasteiger partial charge < -0.3 is 10.8 Å². The van der Waals surface area contributed by atoms with Crippen molar-refractivity contribution in [2.24, 2.45) is 5.73 Å². The van der Waals surface area contributed by atoms with Crippen molar-refractivity contribution < 1.29 is 5.11 Å². The number of rotatable bonds is 2. The van der Waals surface area contributed by atoms with Crippen molar-refractivity contribution in [1.29, 1.82) is 0 Å². The van der Waals surface area contributed by atoms with E-state index in [1.165, 1.54) is 0 Å². The quantitative estimate of drug-likeness (QED) is 0.451. The molecule has 1 unspecified atom stereocenters. The molecule has 0 spiro atoms. The van der Waals surface area contributed by atoms with Gasteiger partial charge in [-0.05, 0) is 5.56 Å². The number of nitrogens with two attached hydrogens (primary N) is 1. The minimum Gasteiger partial charge on any atom is -0.393 e. The monoisotopic (exact) mass is 169 g/mol. The lowest BCUT2D eigenvalue weighted by Gasteiger charge is -2.20. The van der Waals surface area contributed by atoms with Crippen LogP contribution in [-0.2, 0) is 4.87 Å². The molecule has 1 aromatic rings. The fourth-order valence-electron chi connectivity index (χ4n) is 0.818. The second kappa shape index (κ2) is 3.26. The van der Waals surface area contributed by atoms with Gasteiger partial charge in [-0.1, -0.05) is 30.3 Å². The van der Waals surface area contributed by atoms with Gasteiger partial charge >= 0.3 is 0 Å². The summed E-state index contributed by atoms with van der Waals surface area (Å²) in [7, 11) is 0. The summed E-state index contributed by atoms with van der Waals surface area (Å²) in [6.45, 7) is -0.167. The zero-order chi connectivity index (χ0) is 8.32. The predicted octanol–water partition coefficient (Wildman–Crippen LogP) is 0.720. The fourth-order valence-corrected chi connectivity index (χ4v) is 0.967. The van der Waals surface area contributed by atoms with Crippen LogP contribution in [0.3, 0.4) is 0 Å². The third-order valence-electron chi connectivity index (χ3n) is 1.51. The summed E-state index contributed by atoms with van der Waals surface area (Å²) < 4.78 is 0. The lowest BCUT2D eigenvalue weighted by molar-refractivity contribution is 0.253. The maximum absolute atomic E-state index is 8.85. The standard InChI is InChI=1S/C8H11NOS/c9-8(11,6-10)7-4-2-1-3-5-7/h1-5,10-11H,6,9H2. The Morgan fingerprint density at radius 2 is 1.91 bits per heavy atom. The van der Waals surface area contributed by atoms with Crippen LogP contribution in [0.15, 0.2) is 30.3 Å². The Morgan fingerprint density at radius 3 is 2.36 bits per heavy atom. The van der Waals surface area contributed by atoms with Crippen molar-refractivity contribution in [3.63, 3.8) is 0 Å². The van der Waals surface area contributed by atoms with Gasteiger partial charge in [0.05, 0.1) is 6.61 Å². The molecule has 0 saturated carbocycles. The highest BCUT2D eigenvalue weighted by Gasteiger charge is 2.19. The van der Waals surface area contributed by atoms with E-state index in [1.54, 1.807) is 0 Å². The van der Waals surface area contributed by atoms with E-state index in [2.05, 4.69) is 12.6 Å². The van der Waals surface area contributed by atoms with Crippen molar-refractivity contribution in [3.8, 4) is 0 Å². The molecule has 0 amide bonds. The molecule has 2 nitrogen and oxygen atoms in total. The van der Waals surface area contributed by atoms with Gasteiger partial charge in [-0.3, -0.25) is 0 Å². The Balaban J connectivity index is 2.93. The molecule has 1 atom stereocenters. The molecule has 11 heavy (non-hydrogen) atoms. The lowest BCUT2D eigenvalue weighted by atomic mass is 10.1. The Bertz CT molecular complexity index is 223. The molecule has 60 valence electrons. The first-order chi connectivity index (χ1) is 5.17. The Morgan fingerprint density at radius 1 is 1.36 bits per heavy atom. The summed E-state index contributed by atoms with van der Waals surface area (Å²) >= 11 is 4.10. The third kappa shape index (κ3) is 1.96. The molecule has 0 aromatic heterocycles. The Hall–Kier alpha value is -0.510. The molecule has 1 aromatic carbocycles. The van der Waals surface area contributed by atoms with Crippen LogP contribution in [0.4, 0.5) is 0 Å². The van der Waals surface area contributed by atoms with Gasteiger partial charge in [0.25, 0.3) is 0 Å². The van der Waals surface area contributed by atoms with Crippen molar-refractivity contribution in [1.82, 2.24) is 0 Å². The molecule has 0 radical (unpaired) electrons. The summed E-state index contributed by atoms with van der Waals surface area (Å²) in [5, 5.41) is 8.85. The first-order valence-corrected chi connectivity index (χ1v) is 3.79. The molecule has 3 heteroatoms. The van der Waals surface area contributed by atoms with E-state index < -0.39 is 4.87 Å². The van der Waals surface area contributed by atoms with Crippen LogP contribution in [-0.4, -0.2) is 11.7 Å². The van der Waals surface area contributed by atoms with Crippen molar-refractivity contribution in [2.45, 2.75) is 4.87 Å². The van der Waals surface area contributed by atoms with Crippen LogP contribution in [0.2, 0.25) is 0 Å². The highest BCUT2D eigenvalue weighted by atomic mass is 32.1. The highest BCUT2D eigenvalue weighted by Crippen LogP contribution is 2.20. The van der Waals surface area contributed by atoms with Gasteiger partial charge in [0.2, 0.25) is 0 Å². The molecule has 0 aliphatic carbocycles. The SMILES string of the molecule is NC(S)(CO)c1ccccc1. The number of aliphatic hydroxyl groups is 1. The maximum atomic E-state index is 8.85. The largest absolute Gasteiger partial charge is 0.393 e. The Kier molecular flexibility index (Phi) is 2.54. The topological polar surface area (TPSA) is 46.2 Å². The summed E-state index contributed by atoms with van der Waals surface area (Å²) in [6.07, 6.45) is 0. The van der Waals surface area contributed by atoms with E-state index in [4.69, 9.17) is 10.8 Å². The molecule has 0 aliphatic rings. The van der Waals surface area contributed by atoms with Crippen molar-refractivity contribution >= 4 is 12.6 Å². The number of hydrogen-bond acceptors (Lipinski definition) is 3. The van der Waals surface area contributed by atoms with E-state index in [9.17, 15) is 0 Å². The highest BCUT2D eigenvalue weighted by molar-refractivity contribution is 7.81. The summed E-state index contributed by atoms with van der Waals surface area (Å²) in [6, 6.07) is 9.29. The molecule has 0 aliphatic heterocycles. The number of aliphatic hydroxyl groups excluding tert-OH is 1. The van der Waals surface area contributed by atoms with Crippen LogP contribution in [0.5, 0.6) is 0 Å². The van der Waals surface area contributed by atoms with Crippen LogP contribution in [0.1, 0.15) is 5.56 Å². The lowest BCUT2D eigenvalue weighted by Crippen LogP contribution is -2.34. The first-order valence-electron chi connectivity index (χ1n) is 3.34. The molecular weight excluding hydrogens is 158 g/mol. The van der Waals surface area contributed by atoms with Gasteiger partial charge in [0.15, 0.2) is 0 Å². The van der Waals surface area contributed by atoms with Gasteiger partial charge in [0.1, 0.15) is 4.87 Å². The fraction of sp³-hybridized carbons (Fsp3) is 0.250. The van der Waals surface area contributed by atoms with E-state index >= 15 is 0 Å². The third-order valence-corrected chi connectivity index (χ3v) is 1.91. The van der Waals surface area contributed by atoms with E-state index in [0.717, 1.165) is 5.56 Å². The normalized spacial score (nSPS) is 15.9. The van der Waals surface area contributed by atoms with E-state index in [-0.39, 0.29) is 6.61 Å². The minimum absolute atomic E-state index is 0.167. The zero-order valence-electron chi connectivity index (χ0n) is 6.07. The molecule has 1 rings (SSSR count). The van der Waals surface area contributed by atoms with Crippen LogP contribution in [0, 0.1) is 0 Å². The molecule has 0 saturated heterocycles. The smallest absolute Gasteiger partial charge is 0.108 e. The van der Waals surface area contributed by atoms with Gasteiger partial charge in [-0.2, -0.15) is 12.6 Å². The average Bonchev–Trinajstić information content (AvgIpc) is 2.06. The Labute approximate surface area is 71.5 Å². The van der Waals surface area contributed by atoms with Crippen LogP contribution < -0.4 is 5.73 Å². The van der Waals surface area contributed by atoms with Gasteiger partial charge in [-0.25, -0.2) is 0 Å². The molecule has 3 N–H and O–H groups in total. The number of hydrogen-bond donors (Lipinski definition) is 3. The molecule has 0 bridgehead atoms. The predicted molar refractivity (Wildman–Crippen MR) is 48.4 cm³/mol. The summed E-state index contributed by atoms with van der Waals surface area (Å²) in [4.78, 5) is -0.915. The number of thiol groups is 1. The minimum atomic E-state index is -0.915. The average molecular weight is 169 g/mol. The van der Waals surface area contributed by atoms with E-state index in [0.29, 0.717) is 0 Å². The van der Waals surface area contributed by atoms with Gasteiger partial charge in [-0.15, -0.1) is 0 Å². The summed E-state index contributed by atoms with van der Waals surface area (Å²) in [5.74, 6) is 0. The van der Waals surface area contributed by atoms with Crippen LogP contribution >= 0.6 is 12.6 Å². The zero-order valence-corrected chi connectivity index (χ0v) is 6.96. The molecular formula is C8H11NOS. The molecule has 0 heterocycles. The second-order valence-corrected chi connectivity index (χ2v) is 3.25. The first kappa shape index (κ1) is 8.59. The summed E-state index contributed by atoms with van der Waals surface area (Å²) in [5.41, 5.74) is 6.48. The van der Waals surface area contributed by atoms with Gasteiger partial charge in [0, 0.05) is 0 Å². The van der Waals surface area contributed by atoms with Crippen LogP contribution in [0.25, 0.3) is 0 Å². The molecule has 0 fully saturated rings. The maximum Gasteiger partial charge on any atom is 0.108 e.